The molecule has 0 aromatic heterocycles. The second kappa shape index (κ2) is 6.00. The minimum Gasteiger partial charge on any atom is -0.368 e. The number of primary amides is 1. The van der Waals surface area contributed by atoms with Crippen LogP contribution in [0.4, 0.5) is 0 Å². The molecule has 5 nitrogen and oxygen atoms in total. The molecule has 0 rings (SSSR count). The Hall–Kier alpha value is -1.57. The second-order valence-electron chi connectivity index (χ2n) is 2.71. The number of nitrogens with zero attached hydrogens (tertiary/aromatic N) is 1. The molecular weight excluding hydrogens is 170 g/mol. The van der Waals surface area contributed by atoms with E-state index in [1.54, 1.807) is 0 Å². The Bertz CT molecular complexity index is 232. The van der Waals surface area contributed by atoms with Crippen molar-refractivity contribution < 1.29 is 9.59 Å². The second-order valence-corrected chi connectivity index (χ2v) is 2.71. The summed E-state index contributed by atoms with van der Waals surface area (Å²) in [5.74, 6) is -0.853. The smallest absolute Gasteiger partial charge is 0.239 e. The number of carbonyl (C=O) groups excluding carboxylic acids is 2. The third kappa shape index (κ3) is 5.67. The van der Waals surface area contributed by atoms with Gasteiger partial charge in [-0.25, -0.2) is 0 Å². The van der Waals surface area contributed by atoms with Gasteiger partial charge in [0.15, 0.2) is 0 Å². The maximum Gasteiger partial charge on any atom is 0.239 e. The van der Waals surface area contributed by atoms with E-state index >= 15 is 0 Å². The maximum absolute atomic E-state index is 10.8. The van der Waals surface area contributed by atoms with E-state index in [4.69, 9.17) is 11.0 Å². The van der Waals surface area contributed by atoms with Crippen LogP contribution in [0.15, 0.2) is 0 Å². The molecule has 0 aliphatic heterocycles. The monoisotopic (exact) mass is 183 g/mol. The van der Waals surface area contributed by atoms with Gasteiger partial charge in [-0.2, -0.15) is 5.26 Å². The lowest BCUT2D eigenvalue weighted by Crippen LogP contribution is -2.43. The van der Waals surface area contributed by atoms with Crippen LogP contribution in [0.5, 0.6) is 0 Å². The predicted octanol–water partition coefficient (Wildman–Crippen LogP) is -0.330. The standard InChI is InChI=1S/C8H13N3O2/c1-6(12)11-7(8(10)13)4-2-3-5-9/h7H,2-4H2,1H3,(H2,10,13)(H,11,12)/t7-/m1/s1. The van der Waals surface area contributed by atoms with Crippen molar-refractivity contribution in [3.8, 4) is 6.07 Å². The molecule has 13 heavy (non-hydrogen) atoms. The summed E-state index contributed by atoms with van der Waals surface area (Å²) >= 11 is 0. The highest BCUT2D eigenvalue weighted by Gasteiger charge is 2.14. The fourth-order valence-electron chi connectivity index (χ4n) is 0.916. The van der Waals surface area contributed by atoms with E-state index in [1.807, 2.05) is 6.07 Å². The topological polar surface area (TPSA) is 96.0 Å². The molecule has 0 fully saturated rings. The Morgan fingerprint density at radius 2 is 2.23 bits per heavy atom. The average molecular weight is 183 g/mol. The zero-order valence-corrected chi connectivity index (χ0v) is 7.54. The fraction of sp³-hybridized carbons (Fsp3) is 0.625. The van der Waals surface area contributed by atoms with Gasteiger partial charge in [0.1, 0.15) is 6.04 Å². The molecule has 5 heteroatoms. The molecule has 0 spiro atoms. The molecule has 0 saturated carbocycles. The molecule has 0 aromatic rings. The Labute approximate surface area is 76.9 Å². The van der Waals surface area contributed by atoms with Gasteiger partial charge in [-0.3, -0.25) is 9.59 Å². The van der Waals surface area contributed by atoms with E-state index in [0.717, 1.165) is 0 Å². The molecular formula is C8H13N3O2. The van der Waals surface area contributed by atoms with Crippen molar-refractivity contribution >= 4 is 11.8 Å². The van der Waals surface area contributed by atoms with Crippen molar-refractivity contribution in [3.05, 3.63) is 0 Å². The number of nitrogens with two attached hydrogens (primary N) is 1. The van der Waals surface area contributed by atoms with Crippen LogP contribution in [-0.4, -0.2) is 17.9 Å². The Kier molecular flexibility index (Phi) is 5.28. The molecule has 1 atom stereocenters. The number of carbonyl (C=O) groups is 2. The van der Waals surface area contributed by atoms with Crippen molar-refractivity contribution in [2.75, 3.05) is 0 Å². The summed E-state index contributed by atoms with van der Waals surface area (Å²) in [7, 11) is 0. The van der Waals surface area contributed by atoms with Gasteiger partial charge in [-0.05, 0) is 12.8 Å². The van der Waals surface area contributed by atoms with Crippen LogP contribution in [0.25, 0.3) is 0 Å². The van der Waals surface area contributed by atoms with Crippen molar-refractivity contribution in [1.29, 1.82) is 5.26 Å². The first-order valence-electron chi connectivity index (χ1n) is 4.01. The van der Waals surface area contributed by atoms with Gasteiger partial charge in [0.05, 0.1) is 6.07 Å². The first-order valence-corrected chi connectivity index (χ1v) is 4.01. The van der Waals surface area contributed by atoms with Crippen molar-refractivity contribution in [2.24, 2.45) is 5.73 Å². The molecule has 2 amide bonds. The van der Waals surface area contributed by atoms with Crippen molar-refractivity contribution in [3.63, 3.8) is 0 Å². The summed E-state index contributed by atoms with van der Waals surface area (Å²) in [4.78, 5) is 21.4. The first kappa shape index (κ1) is 11.4. The van der Waals surface area contributed by atoms with Gasteiger partial charge in [-0.1, -0.05) is 0 Å². The lowest BCUT2D eigenvalue weighted by atomic mass is 10.1. The van der Waals surface area contributed by atoms with E-state index in [0.29, 0.717) is 19.3 Å². The van der Waals surface area contributed by atoms with Crippen LogP contribution in [0, 0.1) is 11.3 Å². The molecule has 0 unspecified atom stereocenters. The van der Waals surface area contributed by atoms with E-state index in [-0.39, 0.29) is 5.91 Å². The highest BCUT2D eigenvalue weighted by molar-refractivity contribution is 5.85. The SMILES string of the molecule is CC(=O)N[C@H](CCCC#N)C(N)=O. The lowest BCUT2D eigenvalue weighted by molar-refractivity contribution is -0.126. The minimum atomic E-state index is -0.647. The molecule has 0 radical (unpaired) electrons. The summed E-state index contributed by atoms with van der Waals surface area (Å²) in [6.07, 6.45) is 1.34. The average Bonchev–Trinajstić information content (AvgIpc) is 2.02. The van der Waals surface area contributed by atoms with Crippen molar-refractivity contribution in [2.45, 2.75) is 32.2 Å². The summed E-state index contributed by atoms with van der Waals surface area (Å²) in [6.45, 7) is 1.32. The van der Waals surface area contributed by atoms with Crippen LogP contribution in [0.1, 0.15) is 26.2 Å². The Morgan fingerprint density at radius 1 is 1.62 bits per heavy atom. The van der Waals surface area contributed by atoms with Gasteiger partial charge in [0.25, 0.3) is 0 Å². The highest BCUT2D eigenvalue weighted by Crippen LogP contribution is 1.99. The molecule has 0 saturated heterocycles. The fourth-order valence-corrected chi connectivity index (χ4v) is 0.916. The number of hydrogen-bond donors (Lipinski definition) is 2. The van der Waals surface area contributed by atoms with Gasteiger partial charge in [0.2, 0.25) is 11.8 Å². The summed E-state index contributed by atoms with van der Waals surface area (Å²) in [5.41, 5.74) is 5.03. The lowest BCUT2D eigenvalue weighted by Gasteiger charge is -2.12. The highest BCUT2D eigenvalue weighted by atomic mass is 16.2. The number of hydrogen-bond acceptors (Lipinski definition) is 3. The van der Waals surface area contributed by atoms with Gasteiger partial charge in [-0.15, -0.1) is 0 Å². The van der Waals surface area contributed by atoms with Gasteiger partial charge < -0.3 is 11.1 Å². The van der Waals surface area contributed by atoms with Crippen LogP contribution < -0.4 is 11.1 Å². The quantitative estimate of drug-likeness (QED) is 0.571. The molecule has 0 aliphatic carbocycles. The first-order chi connectivity index (χ1) is 6.07. The largest absolute Gasteiger partial charge is 0.368 e. The van der Waals surface area contributed by atoms with Gasteiger partial charge >= 0.3 is 0 Å². The van der Waals surface area contributed by atoms with Crippen LogP contribution in [-0.2, 0) is 9.59 Å². The van der Waals surface area contributed by atoms with E-state index in [2.05, 4.69) is 5.32 Å². The summed E-state index contributed by atoms with van der Waals surface area (Å²) in [6, 6.07) is 1.30. The summed E-state index contributed by atoms with van der Waals surface area (Å²) in [5, 5.41) is 10.7. The van der Waals surface area contributed by atoms with Crippen LogP contribution in [0.3, 0.4) is 0 Å². The zero-order chi connectivity index (χ0) is 10.3. The van der Waals surface area contributed by atoms with Crippen LogP contribution >= 0.6 is 0 Å². The van der Waals surface area contributed by atoms with E-state index < -0.39 is 11.9 Å². The molecule has 0 aromatic carbocycles. The van der Waals surface area contributed by atoms with Crippen molar-refractivity contribution in [1.82, 2.24) is 5.32 Å². The third-order valence-corrected chi connectivity index (χ3v) is 1.50. The third-order valence-electron chi connectivity index (χ3n) is 1.50. The normalized spacial score (nSPS) is 11.4. The molecule has 0 aliphatic rings. The summed E-state index contributed by atoms with van der Waals surface area (Å²) < 4.78 is 0. The number of unbranched alkanes of at least 4 members (excludes halogenated alkanes) is 1. The molecule has 0 bridgehead atoms. The molecule has 3 N–H and O–H groups in total. The zero-order valence-electron chi connectivity index (χ0n) is 7.54. The van der Waals surface area contributed by atoms with Crippen LogP contribution in [0.2, 0.25) is 0 Å². The molecule has 72 valence electrons. The number of amides is 2. The molecule has 0 heterocycles. The maximum atomic E-state index is 10.8. The number of nitriles is 1. The number of nitrogens with one attached hydrogen (secondary N) is 1. The van der Waals surface area contributed by atoms with E-state index in [1.165, 1.54) is 6.92 Å². The van der Waals surface area contributed by atoms with Gasteiger partial charge in [0, 0.05) is 13.3 Å². The minimum absolute atomic E-state index is 0.291. The van der Waals surface area contributed by atoms with E-state index in [9.17, 15) is 9.59 Å². The Morgan fingerprint density at radius 3 is 2.62 bits per heavy atom. The number of rotatable bonds is 5. The predicted molar refractivity (Wildman–Crippen MR) is 46.3 cm³/mol. The Balaban J connectivity index is 3.89.